The van der Waals surface area contributed by atoms with Crippen LogP contribution in [0.3, 0.4) is 0 Å². The lowest BCUT2D eigenvalue weighted by Crippen LogP contribution is -2.48. The average Bonchev–Trinajstić information content (AvgIpc) is 3.27. The maximum Gasteiger partial charge on any atom is 0.159 e. The van der Waals surface area contributed by atoms with E-state index in [1.165, 1.54) is 0 Å². The zero-order valence-electron chi connectivity index (χ0n) is 15.2. The van der Waals surface area contributed by atoms with Crippen LogP contribution in [0.5, 0.6) is 0 Å². The van der Waals surface area contributed by atoms with Crippen LogP contribution in [0.1, 0.15) is 6.42 Å². The number of nitrogens with zero attached hydrogens (tertiary/aromatic N) is 5. The predicted molar refractivity (Wildman–Crippen MR) is 108 cm³/mol. The lowest BCUT2D eigenvalue weighted by atomic mass is 10.0. The number of H-pyrrole nitrogens is 1. The highest BCUT2D eigenvalue weighted by atomic mass is 35.5. The van der Waals surface area contributed by atoms with Gasteiger partial charge in [0.25, 0.3) is 0 Å². The number of aromatic nitrogens is 5. The minimum Gasteiger partial charge on any atom is -0.352 e. The Bertz CT molecular complexity index is 1180. The van der Waals surface area contributed by atoms with E-state index in [1.54, 1.807) is 10.9 Å². The number of aryl methyl sites for hydroxylation is 1. The lowest BCUT2D eigenvalue weighted by Gasteiger charge is -2.33. The van der Waals surface area contributed by atoms with Crippen molar-refractivity contribution in [3.63, 3.8) is 0 Å². The van der Waals surface area contributed by atoms with E-state index in [1.807, 2.05) is 36.5 Å². The smallest absolute Gasteiger partial charge is 0.159 e. The predicted octanol–water partition coefficient (Wildman–Crippen LogP) is 3.04. The minimum absolute atomic E-state index is 0.235. The molecule has 1 saturated heterocycles. The number of anilines is 1. The summed E-state index contributed by atoms with van der Waals surface area (Å²) in [4.78, 5) is 14.3. The van der Waals surface area contributed by atoms with Crippen molar-refractivity contribution in [2.45, 2.75) is 18.6 Å². The van der Waals surface area contributed by atoms with Crippen LogP contribution in [0.25, 0.3) is 33.2 Å². The molecular weight excluding hydrogens is 381 g/mol. The molecule has 5 rings (SSSR count). The van der Waals surface area contributed by atoms with Crippen molar-refractivity contribution in [2.75, 3.05) is 18.0 Å². The van der Waals surface area contributed by atoms with Gasteiger partial charge in [0.1, 0.15) is 17.5 Å². The van der Waals surface area contributed by atoms with Gasteiger partial charge in [-0.15, -0.1) is 0 Å². The molecule has 4 aromatic rings. The first kappa shape index (κ1) is 17.4. The van der Waals surface area contributed by atoms with Crippen molar-refractivity contribution >= 4 is 39.5 Å². The summed E-state index contributed by atoms with van der Waals surface area (Å²) in [6.45, 7) is 0.900. The van der Waals surface area contributed by atoms with Gasteiger partial charge in [-0.05, 0) is 12.5 Å². The third-order valence-electron chi connectivity index (χ3n) is 5.31. The number of nitrogens with two attached hydrogens (primary N) is 1. The number of alkyl halides is 1. The first-order valence-electron chi connectivity index (χ1n) is 9.12. The standard InChI is InChI=1S/C19H19ClFN7/c1-27-8-12-15(26-27)3-2-10(17(12)20)11-6-24-19-18(11)23-7-16(25-19)28-5-4-14(22)13(21)9-28/h2-3,6-8,13-14H,4-5,9,22H2,1H3,(H,24,25)/t13-,14+/m1/s1. The van der Waals surface area contributed by atoms with Crippen molar-refractivity contribution in [3.8, 4) is 11.1 Å². The van der Waals surface area contributed by atoms with Gasteiger partial charge in [-0.25, -0.2) is 14.4 Å². The summed E-state index contributed by atoms with van der Waals surface area (Å²) in [7, 11) is 1.87. The van der Waals surface area contributed by atoms with Gasteiger partial charge < -0.3 is 15.6 Å². The largest absolute Gasteiger partial charge is 0.352 e. The molecule has 1 aromatic carbocycles. The van der Waals surface area contributed by atoms with Gasteiger partial charge in [0.05, 0.1) is 23.3 Å². The molecule has 28 heavy (non-hydrogen) atoms. The Morgan fingerprint density at radius 1 is 1.32 bits per heavy atom. The maximum atomic E-state index is 14.0. The van der Waals surface area contributed by atoms with E-state index in [4.69, 9.17) is 17.3 Å². The highest BCUT2D eigenvalue weighted by Gasteiger charge is 2.27. The number of piperidine rings is 1. The fourth-order valence-corrected chi connectivity index (χ4v) is 4.07. The number of benzene rings is 1. The molecule has 144 valence electrons. The summed E-state index contributed by atoms with van der Waals surface area (Å²) in [5.74, 6) is 0.643. The van der Waals surface area contributed by atoms with Gasteiger partial charge in [0.2, 0.25) is 0 Å². The summed E-state index contributed by atoms with van der Waals surface area (Å²) in [6, 6.07) is 3.47. The fourth-order valence-electron chi connectivity index (χ4n) is 3.76. The lowest BCUT2D eigenvalue weighted by molar-refractivity contribution is 0.251. The Morgan fingerprint density at radius 2 is 2.18 bits per heavy atom. The first-order chi connectivity index (χ1) is 13.5. The minimum atomic E-state index is -1.06. The molecule has 0 aliphatic carbocycles. The Balaban J connectivity index is 1.55. The summed E-state index contributed by atoms with van der Waals surface area (Å²) in [5.41, 5.74) is 9.70. The molecule has 0 radical (unpaired) electrons. The molecule has 2 atom stereocenters. The second kappa shape index (κ2) is 6.42. The molecule has 9 heteroatoms. The van der Waals surface area contributed by atoms with Crippen LogP contribution >= 0.6 is 11.6 Å². The summed E-state index contributed by atoms with van der Waals surface area (Å²) in [6.07, 6.45) is 4.96. The Morgan fingerprint density at radius 3 is 3.00 bits per heavy atom. The van der Waals surface area contributed by atoms with Gasteiger partial charge >= 0.3 is 0 Å². The maximum absolute atomic E-state index is 14.0. The van der Waals surface area contributed by atoms with Crippen molar-refractivity contribution < 1.29 is 4.39 Å². The summed E-state index contributed by atoms with van der Waals surface area (Å²) >= 11 is 6.65. The van der Waals surface area contributed by atoms with Crippen molar-refractivity contribution in [3.05, 3.63) is 35.7 Å². The molecule has 3 N–H and O–H groups in total. The molecule has 0 amide bonds. The van der Waals surface area contributed by atoms with E-state index in [2.05, 4.69) is 20.1 Å². The van der Waals surface area contributed by atoms with Crippen LogP contribution in [-0.2, 0) is 7.05 Å². The second-order valence-corrected chi connectivity index (χ2v) is 7.58. The first-order valence-corrected chi connectivity index (χ1v) is 9.50. The van der Waals surface area contributed by atoms with E-state index in [-0.39, 0.29) is 6.54 Å². The zero-order chi connectivity index (χ0) is 19.4. The van der Waals surface area contributed by atoms with Crippen LogP contribution < -0.4 is 10.6 Å². The Kier molecular flexibility index (Phi) is 3.99. The molecule has 1 aliphatic rings. The number of hydrogen-bond donors (Lipinski definition) is 2. The molecule has 7 nitrogen and oxygen atoms in total. The van der Waals surface area contributed by atoms with Crippen LogP contribution in [-0.4, -0.2) is 50.0 Å². The molecule has 4 heterocycles. The molecule has 0 unspecified atom stereocenters. The number of nitrogens with one attached hydrogen (secondary N) is 1. The van der Waals surface area contributed by atoms with Crippen molar-refractivity contribution in [2.24, 2.45) is 12.8 Å². The molecule has 1 aliphatic heterocycles. The van der Waals surface area contributed by atoms with Gasteiger partial charge in [-0.2, -0.15) is 5.10 Å². The normalized spacial score (nSPS) is 20.4. The molecule has 1 fully saturated rings. The average molecular weight is 400 g/mol. The Hall–Kier alpha value is -2.71. The summed E-state index contributed by atoms with van der Waals surface area (Å²) in [5, 5.41) is 5.90. The van der Waals surface area contributed by atoms with Crippen molar-refractivity contribution in [1.29, 1.82) is 0 Å². The molecular formula is C19H19ClFN7. The van der Waals surface area contributed by atoms with Crippen molar-refractivity contribution in [1.82, 2.24) is 24.7 Å². The van der Waals surface area contributed by atoms with Gasteiger partial charge in [-0.3, -0.25) is 4.68 Å². The SMILES string of the molecule is Cn1cc2c(Cl)c(-c3c[nH]c4nc(N5CC[C@H](N)[C@H](F)C5)cnc34)ccc2n1. The molecule has 0 bridgehead atoms. The van der Waals surface area contributed by atoms with E-state index in [0.29, 0.717) is 29.5 Å². The van der Waals surface area contributed by atoms with Crippen LogP contribution in [0, 0.1) is 0 Å². The highest BCUT2D eigenvalue weighted by molar-refractivity contribution is 6.38. The molecule has 3 aromatic heterocycles. The summed E-state index contributed by atoms with van der Waals surface area (Å²) < 4.78 is 15.7. The van der Waals surface area contributed by atoms with E-state index in [9.17, 15) is 4.39 Å². The van der Waals surface area contributed by atoms with Crippen LogP contribution in [0.4, 0.5) is 10.2 Å². The number of halogens is 2. The van der Waals surface area contributed by atoms with Gasteiger partial charge in [-0.1, -0.05) is 17.7 Å². The number of aromatic amines is 1. The molecule has 0 spiro atoms. The van der Waals surface area contributed by atoms with Crippen LogP contribution in [0.15, 0.2) is 30.7 Å². The molecule has 0 saturated carbocycles. The number of fused-ring (bicyclic) bond motifs is 2. The van der Waals surface area contributed by atoms with E-state index >= 15 is 0 Å². The highest BCUT2D eigenvalue weighted by Crippen LogP contribution is 2.37. The van der Waals surface area contributed by atoms with E-state index in [0.717, 1.165) is 27.5 Å². The Labute approximate surface area is 165 Å². The second-order valence-electron chi connectivity index (χ2n) is 7.20. The van der Waals surface area contributed by atoms with Gasteiger partial charge in [0.15, 0.2) is 5.65 Å². The third-order valence-corrected chi connectivity index (χ3v) is 5.72. The monoisotopic (exact) mass is 399 g/mol. The van der Waals surface area contributed by atoms with E-state index < -0.39 is 12.2 Å². The third kappa shape index (κ3) is 2.71. The fraction of sp³-hybridized carbons (Fsp3) is 0.316. The van der Waals surface area contributed by atoms with Crippen LogP contribution in [0.2, 0.25) is 5.02 Å². The van der Waals surface area contributed by atoms with Gasteiger partial charge in [0, 0.05) is 48.5 Å². The number of rotatable bonds is 2. The quantitative estimate of drug-likeness (QED) is 0.541. The zero-order valence-corrected chi connectivity index (χ0v) is 16.0. The number of hydrogen-bond acceptors (Lipinski definition) is 5. The topological polar surface area (TPSA) is 88.7 Å².